The molecule has 0 aliphatic rings. The van der Waals surface area contributed by atoms with Crippen molar-refractivity contribution in [1.82, 2.24) is 0 Å². The third-order valence-corrected chi connectivity index (χ3v) is 4.96. The van der Waals surface area contributed by atoms with Gasteiger partial charge in [0, 0.05) is 23.3 Å². The second kappa shape index (κ2) is 10.8. The summed E-state index contributed by atoms with van der Waals surface area (Å²) in [5, 5.41) is 26.7. The zero-order valence-corrected chi connectivity index (χ0v) is 18.5. The quantitative estimate of drug-likeness (QED) is 0.584. The first-order valence-electron chi connectivity index (χ1n) is 9.46. The molecule has 3 aromatic rings. The summed E-state index contributed by atoms with van der Waals surface area (Å²) in [6.07, 6.45) is 0. The lowest BCUT2D eigenvalue weighted by Gasteiger charge is -2.17. The highest BCUT2D eigenvalue weighted by Gasteiger charge is 2.14. The van der Waals surface area contributed by atoms with E-state index in [0.717, 1.165) is 11.3 Å². The van der Waals surface area contributed by atoms with Crippen molar-refractivity contribution in [2.45, 2.75) is 13.8 Å². The van der Waals surface area contributed by atoms with E-state index in [0.29, 0.717) is 27.3 Å². The fourth-order valence-corrected chi connectivity index (χ4v) is 2.95. The van der Waals surface area contributed by atoms with Crippen molar-refractivity contribution in [1.29, 1.82) is 10.5 Å². The summed E-state index contributed by atoms with van der Waals surface area (Å²) in [6, 6.07) is 20.6. The van der Waals surface area contributed by atoms with Gasteiger partial charge in [-0.15, -0.1) is 0 Å². The monoisotopic (exact) mass is 445 g/mol. The first kappa shape index (κ1) is 24.1. The van der Waals surface area contributed by atoms with Crippen molar-refractivity contribution in [3.8, 4) is 12.1 Å². The zero-order valence-electron chi connectivity index (χ0n) is 17.8. The molecule has 0 radical (unpaired) electrons. The normalized spacial score (nSPS) is 9.56. The summed E-state index contributed by atoms with van der Waals surface area (Å²) >= 11 is 5.83. The molecule has 32 heavy (non-hydrogen) atoms. The minimum absolute atomic E-state index is 0.125. The van der Waals surface area contributed by atoms with Gasteiger partial charge in [-0.05, 0) is 85.6 Å². The number of carboxylic acid groups (broad SMARTS) is 1. The van der Waals surface area contributed by atoms with E-state index in [4.69, 9.17) is 27.2 Å². The Hall–Kier alpha value is -4.13. The predicted octanol–water partition coefficient (Wildman–Crippen LogP) is 5.36. The van der Waals surface area contributed by atoms with Gasteiger partial charge in [-0.25, -0.2) is 4.79 Å². The maximum atomic E-state index is 12.4. The minimum atomic E-state index is -0.970. The van der Waals surface area contributed by atoms with Crippen LogP contribution in [0.15, 0.2) is 60.7 Å². The molecule has 0 bridgehead atoms. The van der Waals surface area contributed by atoms with Crippen LogP contribution in [-0.2, 0) is 0 Å². The SMILES string of the molecule is Cc1cc(C(=O)N(C)c2ccc(Cl)cc2)ccc1C#N.Cc1cc(C(=O)O)ccc1C#N. The van der Waals surface area contributed by atoms with Crippen molar-refractivity contribution < 1.29 is 14.7 Å². The van der Waals surface area contributed by atoms with E-state index in [2.05, 4.69) is 6.07 Å². The highest BCUT2D eigenvalue weighted by molar-refractivity contribution is 6.30. The van der Waals surface area contributed by atoms with Gasteiger partial charge in [0.25, 0.3) is 5.91 Å². The number of amides is 1. The van der Waals surface area contributed by atoms with E-state index >= 15 is 0 Å². The lowest BCUT2D eigenvalue weighted by atomic mass is 10.1. The molecule has 1 N–H and O–H groups in total. The summed E-state index contributed by atoms with van der Waals surface area (Å²) in [5.74, 6) is -1.09. The highest BCUT2D eigenvalue weighted by atomic mass is 35.5. The van der Waals surface area contributed by atoms with E-state index in [1.54, 1.807) is 61.3 Å². The number of nitriles is 2. The second-order valence-electron chi connectivity index (χ2n) is 6.93. The van der Waals surface area contributed by atoms with Gasteiger partial charge in [0.1, 0.15) is 0 Å². The molecular formula is C25H20ClN3O3. The summed E-state index contributed by atoms with van der Waals surface area (Å²) < 4.78 is 0. The van der Waals surface area contributed by atoms with E-state index in [1.807, 2.05) is 13.0 Å². The largest absolute Gasteiger partial charge is 0.478 e. The van der Waals surface area contributed by atoms with E-state index in [1.165, 1.54) is 18.2 Å². The number of benzene rings is 3. The van der Waals surface area contributed by atoms with Crippen molar-refractivity contribution in [3.63, 3.8) is 0 Å². The Balaban J connectivity index is 0.000000258. The average Bonchev–Trinajstić information content (AvgIpc) is 2.78. The molecule has 7 heteroatoms. The first-order valence-corrected chi connectivity index (χ1v) is 9.84. The predicted molar refractivity (Wildman–Crippen MR) is 123 cm³/mol. The van der Waals surface area contributed by atoms with Crippen molar-refractivity contribution in [3.05, 3.63) is 99.1 Å². The number of rotatable bonds is 3. The molecule has 160 valence electrons. The van der Waals surface area contributed by atoms with Gasteiger partial charge in [0.2, 0.25) is 0 Å². The zero-order chi connectivity index (χ0) is 23.8. The molecule has 0 unspecified atom stereocenters. The van der Waals surface area contributed by atoms with Crippen LogP contribution in [0.3, 0.4) is 0 Å². The fraction of sp³-hybridized carbons (Fsp3) is 0.120. The molecular weight excluding hydrogens is 426 g/mol. The number of aryl methyl sites for hydroxylation is 2. The summed E-state index contributed by atoms with van der Waals surface area (Å²) in [5.41, 5.74) is 4.11. The minimum Gasteiger partial charge on any atom is -0.478 e. The smallest absolute Gasteiger partial charge is 0.335 e. The average molecular weight is 446 g/mol. The van der Waals surface area contributed by atoms with Crippen LogP contribution in [-0.4, -0.2) is 24.0 Å². The van der Waals surface area contributed by atoms with Gasteiger partial charge >= 0.3 is 5.97 Å². The molecule has 3 aromatic carbocycles. The topological polar surface area (TPSA) is 105 Å². The Kier molecular flexibility index (Phi) is 8.12. The molecule has 0 atom stereocenters. The van der Waals surface area contributed by atoms with Crippen LogP contribution in [0.25, 0.3) is 0 Å². The molecule has 6 nitrogen and oxygen atoms in total. The van der Waals surface area contributed by atoms with Crippen LogP contribution in [0.4, 0.5) is 5.69 Å². The number of anilines is 1. The Labute approximate surface area is 191 Å². The number of carbonyl (C=O) groups excluding carboxylic acids is 1. The van der Waals surface area contributed by atoms with Crippen LogP contribution in [0.5, 0.6) is 0 Å². The Morgan fingerprint density at radius 2 is 1.31 bits per heavy atom. The van der Waals surface area contributed by atoms with E-state index in [-0.39, 0.29) is 11.5 Å². The molecule has 0 spiro atoms. The number of halogens is 1. The Bertz CT molecular complexity index is 1240. The standard InChI is InChI=1S/C16H13ClN2O.C9H7NO2/c1-11-9-12(3-4-13(11)10-18)16(20)19(2)15-7-5-14(17)6-8-15;1-6-4-7(9(11)12)2-3-8(6)5-10/h3-9H,1-2H3;2-4H,1H3,(H,11,12). The van der Waals surface area contributed by atoms with Gasteiger partial charge in [-0.3, -0.25) is 4.79 Å². The fourth-order valence-electron chi connectivity index (χ4n) is 2.82. The number of aromatic carboxylic acids is 1. The Morgan fingerprint density at radius 3 is 1.75 bits per heavy atom. The van der Waals surface area contributed by atoms with Crippen LogP contribution < -0.4 is 4.90 Å². The summed E-state index contributed by atoms with van der Waals surface area (Å²) in [6.45, 7) is 3.53. The number of nitrogens with zero attached hydrogens (tertiary/aromatic N) is 3. The van der Waals surface area contributed by atoms with E-state index in [9.17, 15) is 9.59 Å². The van der Waals surface area contributed by atoms with Crippen LogP contribution in [0, 0.1) is 36.5 Å². The van der Waals surface area contributed by atoms with Crippen molar-refractivity contribution in [2.75, 3.05) is 11.9 Å². The first-order chi connectivity index (χ1) is 15.2. The molecule has 0 aromatic heterocycles. The van der Waals surface area contributed by atoms with E-state index < -0.39 is 5.97 Å². The molecule has 0 aliphatic carbocycles. The molecule has 0 fully saturated rings. The van der Waals surface area contributed by atoms with Crippen molar-refractivity contribution in [2.24, 2.45) is 0 Å². The van der Waals surface area contributed by atoms with Gasteiger partial charge in [0.05, 0.1) is 28.8 Å². The highest BCUT2D eigenvalue weighted by Crippen LogP contribution is 2.20. The van der Waals surface area contributed by atoms with Gasteiger partial charge in [-0.1, -0.05) is 11.6 Å². The number of hydrogen-bond acceptors (Lipinski definition) is 4. The maximum absolute atomic E-state index is 12.4. The lowest BCUT2D eigenvalue weighted by Crippen LogP contribution is -2.26. The molecule has 0 saturated carbocycles. The second-order valence-corrected chi connectivity index (χ2v) is 7.37. The maximum Gasteiger partial charge on any atom is 0.335 e. The molecule has 0 heterocycles. The summed E-state index contributed by atoms with van der Waals surface area (Å²) in [4.78, 5) is 24.4. The number of carboxylic acids is 1. The number of hydrogen-bond donors (Lipinski definition) is 1. The third-order valence-electron chi connectivity index (χ3n) is 4.71. The van der Waals surface area contributed by atoms with Crippen LogP contribution in [0.1, 0.15) is 43.0 Å². The third kappa shape index (κ3) is 5.95. The van der Waals surface area contributed by atoms with Crippen molar-refractivity contribution >= 4 is 29.2 Å². The molecule has 0 saturated heterocycles. The van der Waals surface area contributed by atoms with Crippen LogP contribution >= 0.6 is 11.6 Å². The van der Waals surface area contributed by atoms with Gasteiger partial charge < -0.3 is 10.0 Å². The number of carbonyl (C=O) groups is 2. The molecule has 1 amide bonds. The lowest BCUT2D eigenvalue weighted by molar-refractivity contribution is 0.0696. The molecule has 3 rings (SSSR count). The van der Waals surface area contributed by atoms with Gasteiger partial charge in [-0.2, -0.15) is 10.5 Å². The Morgan fingerprint density at radius 1 is 0.844 bits per heavy atom. The molecule has 0 aliphatic heterocycles. The summed E-state index contributed by atoms with van der Waals surface area (Å²) in [7, 11) is 1.71. The van der Waals surface area contributed by atoms with Gasteiger partial charge in [0.15, 0.2) is 0 Å². The van der Waals surface area contributed by atoms with Crippen LogP contribution in [0.2, 0.25) is 5.02 Å².